The number of alkyl halides is 3. The third-order valence-electron chi connectivity index (χ3n) is 3.90. The summed E-state index contributed by atoms with van der Waals surface area (Å²) in [5, 5.41) is 0. The second-order valence-electron chi connectivity index (χ2n) is 5.78. The molecule has 0 aliphatic carbocycles. The summed E-state index contributed by atoms with van der Waals surface area (Å²) in [6, 6.07) is 4.74. The molecule has 1 aliphatic heterocycles. The summed E-state index contributed by atoms with van der Waals surface area (Å²) >= 11 is 0. The van der Waals surface area contributed by atoms with Gasteiger partial charge in [-0.15, -0.1) is 0 Å². The summed E-state index contributed by atoms with van der Waals surface area (Å²) in [6.07, 6.45) is -4.06. The molecule has 1 amide bonds. The van der Waals surface area contributed by atoms with Crippen LogP contribution in [-0.2, 0) is 27.2 Å². The van der Waals surface area contributed by atoms with Crippen LogP contribution < -0.4 is 0 Å². The summed E-state index contributed by atoms with van der Waals surface area (Å²) < 4.78 is 60.2. The first-order valence-electron chi connectivity index (χ1n) is 7.24. The van der Waals surface area contributed by atoms with Crippen LogP contribution in [0.4, 0.5) is 13.2 Å². The SMILES string of the molecule is CC(Cc1ccc(C(F)(F)F)cc1)C(=O)N1CCS(=O)(=O)CC1. The lowest BCUT2D eigenvalue weighted by Gasteiger charge is -2.29. The average Bonchev–Trinajstić information content (AvgIpc) is 2.46. The zero-order valence-electron chi connectivity index (χ0n) is 12.6. The highest BCUT2D eigenvalue weighted by Gasteiger charge is 2.30. The van der Waals surface area contributed by atoms with E-state index < -0.39 is 27.5 Å². The molecule has 2 rings (SSSR count). The molecular formula is C15H18F3NO3S. The number of nitrogens with zero attached hydrogens (tertiary/aromatic N) is 1. The normalized spacial score (nSPS) is 19.4. The van der Waals surface area contributed by atoms with Gasteiger partial charge in [0.2, 0.25) is 5.91 Å². The van der Waals surface area contributed by atoms with Gasteiger partial charge in [-0.25, -0.2) is 8.42 Å². The van der Waals surface area contributed by atoms with Crippen molar-refractivity contribution in [2.24, 2.45) is 5.92 Å². The van der Waals surface area contributed by atoms with Crippen molar-refractivity contribution in [2.75, 3.05) is 24.6 Å². The Labute approximate surface area is 133 Å². The van der Waals surface area contributed by atoms with Gasteiger partial charge in [-0.1, -0.05) is 19.1 Å². The largest absolute Gasteiger partial charge is 0.416 e. The van der Waals surface area contributed by atoms with Crippen molar-refractivity contribution in [3.8, 4) is 0 Å². The molecule has 1 aromatic rings. The van der Waals surface area contributed by atoms with Gasteiger partial charge in [-0.2, -0.15) is 13.2 Å². The standard InChI is InChI=1S/C15H18F3NO3S/c1-11(14(20)19-6-8-23(21,22)9-7-19)10-12-2-4-13(5-3-12)15(16,17)18/h2-5,11H,6-10H2,1H3. The van der Waals surface area contributed by atoms with E-state index in [4.69, 9.17) is 0 Å². The fourth-order valence-corrected chi connectivity index (χ4v) is 3.72. The van der Waals surface area contributed by atoms with E-state index >= 15 is 0 Å². The maximum Gasteiger partial charge on any atom is 0.416 e. The number of carbonyl (C=O) groups excluding carboxylic acids is 1. The first-order chi connectivity index (χ1) is 10.6. The second kappa shape index (κ2) is 6.51. The van der Waals surface area contributed by atoms with Crippen molar-refractivity contribution in [3.63, 3.8) is 0 Å². The van der Waals surface area contributed by atoms with E-state index in [1.165, 1.54) is 17.0 Å². The molecule has 1 heterocycles. The Hall–Kier alpha value is -1.57. The van der Waals surface area contributed by atoms with Crippen LogP contribution in [0.3, 0.4) is 0 Å². The van der Waals surface area contributed by atoms with Gasteiger partial charge in [-0.3, -0.25) is 4.79 Å². The lowest BCUT2D eigenvalue weighted by Crippen LogP contribution is -2.46. The lowest BCUT2D eigenvalue weighted by molar-refractivity contribution is -0.137. The molecule has 0 radical (unpaired) electrons. The number of hydrogen-bond donors (Lipinski definition) is 0. The lowest BCUT2D eigenvalue weighted by atomic mass is 9.98. The molecule has 0 spiro atoms. The Morgan fingerprint density at radius 1 is 1.17 bits per heavy atom. The van der Waals surface area contributed by atoms with Crippen LogP contribution in [0.1, 0.15) is 18.1 Å². The Bertz CT molecular complexity index is 654. The summed E-state index contributed by atoms with van der Waals surface area (Å²) in [5.41, 5.74) is -0.0788. The minimum absolute atomic E-state index is 0.0360. The molecule has 0 N–H and O–H groups in total. The van der Waals surface area contributed by atoms with Crippen molar-refractivity contribution in [1.29, 1.82) is 0 Å². The monoisotopic (exact) mass is 349 g/mol. The van der Waals surface area contributed by atoms with E-state index in [2.05, 4.69) is 0 Å². The zero-order chi connectivity index (χ0) is 17.3. The second-order valence-corrected chi connectivity index (χ2v) is 8.08. The molecule has 0 saturated carbocycles. The van der Waals surface area contributed by atoms with Crippen LogP contribution in [0.2, 0.25) is 0 Å². The van der Waals surface area contributed by atoms with Crippen molar-refractivity contribution in [1.82, 2.24) is 4.90 Å². The first kappa shape index (κ1) is 17.8. The number of carbonyl (C=O) groups is 1. The Kier molecular flexibility index (Phi) is 5.03. The maximum absolute atomic E-state index is 12.5. The summed E-state index contributed by atoms with van der Waals surface area (Å²) in [6.45, 7) is 2.06. The highest BCUT2D eigenvalue weighted by molar-refractivity contribution is 7.91. The highest BCUT2D eigenvalue weighted by atomic mass is 32.2. The van der Waals surface area contributed by atoms with Crippen LogP contribution >= 0.6 is 0 Å². The fraction of sp³-hybridized carbons (Fsp3) is 0.533. The van der Waals surface area contributed by atoms with E-state index in [1.807, 2.05) is 0 Å². The molecule has 1 saturated heterocycles. The van der Waals surface area contributed by atoms with Crippen molar-refractivity contribution in [3.05, 3.63) is 35.4 Å². The fourth-order valence-electron chi connectivity index (χ4n) is 2.52. The molecule has 4 nitrogen and oxygen atoms in total. The number of benzene rings is 1. The maximum atomic E-state index is 12.5. The smallest absolute Gasteiger partial charge is 0.340 e. The Morgan fingerprint density at radius 2 is 1.70 bits per heavy atom. The molecular weight excluding hydrogens is 331 g/mol. The van der Waals surface area contributed by atoms with E-state index in [1.54, 1.807) is 6.92 Å². The van der Waals surface area contributed by atoms with Gasteiger partial charge in [0.15, 0.2) is 9.84 Å². The molecule has 8 heteroatoms. The number of amides is 1. The van der Waals surface area contributed by atoms with Crippen molar-refractivity contribution < 1.29 is 26.4 Å². The van der Waals surface area contributed by atoms with E-state index in [0.717, 1.165) is 12.1 Å². The Morgan fingerprint density at radius 3 is 2.17 bits per heavy atom. The van der Waals surface area contributed by atoms with E-state index in [0.29, 0.717) is 12.0 Å². The zero-order valence-corrected chi connectivity index (χ0v) is 13.5. The van der Waals surface area contributed by atoms with Gasteiger partial charge in [0, 0.05) is 19.0 Å². The minimum atomic E-state index is -4.38. The van der Waals surface area contributed by atoms with Crippen LogP contribution in [-0.4, -0.2) is 43.8 Å². The van der Waals surface area contributed by atoms with E-state index in [9.17, 15) is 26.4 Å². The first-order valence-corrected chi connectivity index (χ1v) is 9.06. The van der Waals surface area contributed by atoms with Gasteiger partial charge in [-0.05, 0) is 24.1 Å². The molecule has 23 heavy (non-hydrogen) atoms. The van der Waals surface area contributed by atoms with Crippen molar-refractivity contribution >= 4 is 15.7 Å². The number of sulfone groups is 1. The minimum Gasteiger partial charge on any atom is -0.340 e. The topological polar surface area (TPSA) is 54.5 Å². The predicted molar refractivity (Wildman–Crippen MR) is 79.5 cm³/mol. The highest BCUT2D eigenvalue weighted by Crippen LogP contribution is 2.29. The molecule has 1 fully saturated rings. The number of rotatable bonds is 3. The van der Waals surface area contributed by atoms with Crippen LogP contribution in [0.5, 0.6) is 0 Å². The van der Waals surface area contributed by atoms with Gasteiger partial charge < -0.3 is 4.90 Å². The van der Waals surface area contributed by atoms with Crippen LogP contribution in [0, 0.1) is 5.92 Å². The molecule has 1 unspecified atom stereocenters. The molecule has 1 aliphatic rings. The van der Waals surface area contributed by atoms with E-state index in [-0.39, 0.29) is 30.5 Å². The molecule has 1 aromatic carbocycles. The molecule has 1 atom stereocenters. The van der Waals surface area contributed by atoms with Gasteiger partial charge >= 0.3 is 6.18 Å². The summed E-state index contributed by atoms with van der Waals surface area (Å²) in [7, 11) is -3.05. The van der Waals surface area contributed by atoms with Crippen LogP contribution in [0.15, 0.2) is 24.3 Å². The molecule has 128 valence electrons. The van der Waals surface area contributed by atoms with Gasteiger partial charge in [0.05, 0.1) is 17.1 Å². The predicted octanol–water partition coefficient (Wildman–Crippen LogP) is 2.14. The summed E-state index contributed by atoms with van der Waals surface area (Å²) in [5.74, 6) is -0.648. The molecule has 0 bridgehead atoms. The quantitative estimate of drug-likeness (QED) is 0.840. The van der Waals surface area contributed by atoms with Gasteiger partial charge in [0.25, 0.3) is 0 Å². The third-order valence-corrected chi connectivity index (χ3v) is 5.51. The van der Waals surface area contributed by atoms with Crippen LogP contribution in [0.25, 0.3) is 0 Å². The molecule has 0 aromatic heterocycles. The Balaban J connectivity index is 1.96. The number of halogens is 3. The number of hydrogen-bond acceptors (Lipinski definition) is 3. The summed E-state index contributed by atoms with van der Waals surface area (Å²) in [4.78, 5) is 13.8. The average molecular weight is 349 g/mol. The third kappa shape index (κ3) is 4.70. The van der Waals surface area contributed by atoms with Crippen molar-refractivity contribution in [2.45, 2.75) is 19.5 Å². The van der Waals surface area contributed by atoms with Gasteiger partial charge in [0.1, 0.15) is 0 Å².